The predicted molar refractivity (Wildman–Crippen MR) is 114 cm³/mol. The second-order valence-electron chi connectivity index (χ2n) is 6.31. The summed E-state index contributed by atoms with van der Waals surface area (Å²) >= 11 is 1.97. The van der Waals surface area contributed by atoms with Gasteiger partial charge in [-0.15, -0.1) is 0 Å². The molecule has 1 aliphatic rings. The number of para-hydroxylation sites is 2. The van der Waals surface area contributed by atoms with E-state index in [1.54, 1.807) is 19.1 Å². The Morgan fingerprint density at radius 2 is 2.13 bits per heavy atom. The number of furan rings is 1. The summed E-state index contributed by atoms with van der Waals surface area (Å²) < 4.78 is 15.9. The van der Waals surface area contributed by atoms with E-state index >= 15 is 0 Å². The lowest BCUT2D eigenvalue weighted by Gasteiger charge is -2.19. The van der Waals surface area contributed by atoms with Gasteiger partial charge in [0.25, 0.3) is 17.1 Å². The predicted octanol–water partition coefficient (Wildman–Crippen LogP) is 4.17. The van der Waals surface area contributed by atoms with Crippen LogP contribution in [0.2, 0.25) is 0 Å². The fraction of sp³-hybridized carbons (Fsp3) is 0.200. The largest absolute Gasteiger partial charge is 0.464 e. The molecule has 0 aliphatic carbocycles. The number of hydrogen-bond donors (Lipinski definition) is 1. The van der Waals surface area contributed by atoms with Crippen LogP contribution in [0.15, 0.2) is 62.2 Å². The summed E-state index contributed by atoms with van der Waals surface area (Å²) in [6.45, 7) is 3.24. The van der Waals surface area contributed by atoms with Crippen LogP contribution >= 0.6 is 23.5 Å². The van der Waals surface area contributed by atoms with Crippen molar-refractivity contribution in [3.05, 3.63) is 47.6 Å². The van der Waals surface area contributed by atoms with E-state index in [1.165, 1.54) is 18.7 Å². The number of nitrogens with zero attached hydrogens (tertiary/aromatic N) is 2. The molecular formula is C20H17N3O6S2. The molecule has 0 bridgehead atoms. The monoisotopic (exact) mass is 459 g/mol. The normalized spacial score (nSPS) is 16.3. The van der Waals surface area contributed by atoms with Crippen molar-refractivity contribution >= 4 is 51.7 Å². The molecule has 1 saturated heterocycles. The fourth-order valence-corrected chi connectivity index (χ4v) is 4.34. The number of aromatic amines is 1. The van der Waals surface area contributed by atoms with Gasteiger partial charge in [0.2, 0.25) is 0 Å². The number of hydrogen-bond acceptors (Lipinski definition) is 9. The first kappa shape index (κ1) is 21.1. The summed E-state index contributed by atoms with van der Waals surface area (Å²) in [5.41, 5.74) is 1.77. The molecule has 31 heavy (non-hydrogen) atoms. The minimum atomic E-state index is -1.02. The van der Waals surface area contributed by atoms with E-state index in [0.29, 0.717) is 22.0 Å². The Labute approximate surface area is 185 Å². The van der Waals surface area contributed by atoms with E-state index < -0.39 is 23.2 Å². The molecule has 4 rings (SSSR count). The number of aromatic nitrogens is 2. The number of thioether (sulfide) groups is 1. The molecule has 0 spiro atoms. The van der Waals surface area contributed by atoms with Crippen LogP contribution in [0.4, 0.5) is 4.79 Å². The molecule has 0 saturated carbocycles. The summed E-state index contributed by atoms with van der Waals surface area (Å²) in [5.74, 6) is -1.13. The van der Waals surface area contributed by atoms with Gasteiger partial charge in [0, 0.05) is 6.07 Å². The summed E-state index contributed by atoms with van der Waals surface area (Å²) in [5, 5.41) is 0.628. The SMILES string of the molecule is CCOC(=O)C(C)N1C(=O)S/C(=C/Oc2ccc(Sc3nc4ccccc4[nH]3)o2)C1=O. The third kappa shape index (κ3) is 4.47. The minimum absolute atomic E-state index is 0.0454. The van der Waals surface area contributed by atoms with Gasteiger partial charge < -0.3 is 18.9 Å². The highest BCUT2D eigenvalue weighted by Crippen LogP contribution is 2.34. The maximum Gasteiger partial charge on any atom is 0.329 e. The van der Waals surface area contributed by atoms with Crippen molar-refractivity contribution in [3.63, 3.8) is 0 Å². The molecule has 3 aromatic rings. The van der Waals surface area contributed by atoms with Crippen molar-refractivity contribution in [2.24, 2.45) is 0 Å². The number of H-pyrrole nitrogens is 1. The molecule has 1 N–H and O–H groups in total. The van der Waals surface area contributed by atoms with Gasteiger partial charge in [0.05, 0.1) is 17.6 Å². The number of esters is 1. The highest BCUT2D eigenvalue weighted by atomic mass is 32.2. The third-order valence-electron chi connectivity index (χ3n) is 4.24. The Morgan fingerprint density at radius 3 is 2.90 bits per heavy atom. The molecule has 1 fully saturated rings. The van der Waals surface area contributed by atoms with Crippen LogP contribution in [0.5, 0.6) is 5.95 Å². The highest BCUT2D eigenvalue weighted by molar-refractivity contribution is 8.18. The standard InChI is InChI=1S/C20H17N3O6S2/c1-3-27-18(25)11(2)23-17(24)14(30-20(23)26)10-28-15-8-9-16(29-15)31-19-21-12-6-4-5-7-13(12)22-19/h4-11H,3H2,1-2H3,(H,21,22)/b14-10+. The molecule has 2 aromatic heterocycles. The maximum absolute atomic E-state index is 12.5. The Kier molecular flexibility index (Phi) is 6.05. The van der Waals surface area contributed by atoms with E-state index in [9.17, 15) is 14.4 Å². The van der Waals surface area contributed by atoms with Crippen molar-refractivity contribution < 1.29 is 28.3 Å². The first-order valence-corrected chi connectivity index (χ1v) is 10.9. The van der Waals surface area contributed by atoms with E-state index in [1.807, 2.05) is 24.3 Å². The minimum Gasteiger partial charge on any atom is -0.464 e. The topological polar surface area (TPSA) is 115 Å². The Balaban J connectivity index is 1.41. The number of nitrogens with one attached hydrogen (secondary N) is 1. The molecule has 3 heterocycles. The van der Waals surface area contributed by atoms with Crippen LogP contribution in [-0.2, 0) is 14.3 Å². The van der Waals surface area contributed by atoms with Crippen LogP contribution in [0.3, 0.4) is 0 Å². The van der Waals surface area contributed by atoms with Gasteiger partial charge in [0.1, 0.15) is 17.2 Å². The number of rotatable bonds is 7. The van der Waals surface area contributed by atoms with E-state index in [-0.39, 0.29) is 17.5 Å². The number of ether oxygens (including phenoxy) is 2. The summed E-state index contributed by atoms with van der Waals surface area (Å²) in [4.78, 5) is 45.1. The third-order valence-corrected chi connectivity index (χ3v) is 5.91. The van der Waals surface area contributed by atoms with Crippen LogP contribution in [-0.4, -0.2) is 44.6 Å². The highest BCUT2D eigenvalue weighted by Gasteiger charge is 2.41. The molecule has 11 heteroatoms. The summed E-state index contributed by atoms with van der Waals surface area (Å²) in [7, 11) is 0. The lowest BCUT2D eigenvalue weighted by Crippen LogP contribution is -2.42. The smallest absolute Gasteiger partial charge is 0.329 e. The van der Waals surface area contributed by atoms with Gasteiger partial charge in [-0.05, 0) is 55.6 Å². The average molecular weight is 460 g/mol. The molecule has 1 unspecified atom stereocenters. The Hall–Kier alpha value is -3.18. The van der Waals surface area contributed by atoms with Crippen LogP contribution in [0, 0.1) is 0 Å². The first-order chi connectivity index (χ1) is 15.0. The number of imidazole rings is 1. The van der Waals surface area contributed by atoms with Crippen LogP contribution < -0.4 is 4.74 Å². The molecule has 1 aliphatic heterocycles. The Bertz CT molecular complexity index is 1150. The Morgan fingerprint density at radius 1 is 1.32 bits per heavy atom. The number of benzene rings is 1. The first-order valence-electron chi connectivity index (χ1n) is 9.27. The second-order valence-corrected chi connectivity index (χ2v) is 8.29. The summed E-state index contributed by atoms with van der Waals surface area (Å²) in [6, 6.07) is 9.94. The molecule has 0 radical (unpaired) electrons. The van der Waals surface area contributed by atoms with E-state index in [2.05, 4.69) is 9.97 Å². The van der Waals surface area contributed by atoms with Gasteiger partial charge in [-0.25, -0.2) is 9.78 Å². The fourth-order valence-electron chi connectivity index (χ4n) is 2.77. The van der Waals surface area contributed by atoms with Crippen molar-refractivity contribution in [1.82, 2.24) is 14.9 Å². The average Bonchev–Trinajstić information content (AvgIpc) is 3.43. The summed E-state index contributed by atoms with van der Waals surface area (Å²) in [6.07, 6.45) is 1.14. The van der Waals surface area contributed by atoms with Crippen molar-refractivity contribution in [3.8, 4) is 5.95 Å². The molecular weight excluding hydrogens is 442 g/mol. The molecule has 160 valence electrons. The molecule has 9 nitrogen and oxygen atoms in total. The lowest BCUT2D eigenvalue weighted by molar-refractivity contribution is -0.150. The quantitative estimate of drug-likeness (QED) is 0.316. The maximum atomic E-state index is 12.5. The zero-order chi connectivity index (χ0) is 22.0. The van der Waals surface area contributed by atoms with Crippen molar-refractivity contribution in [1.29, 1.82) is 0 Å². The van der Waals surface area contributed by atoms with Gasteiger partial charge >= 0.3 is 5.97 Å². The van der Waals surface area contributed by atoms with Gasteiger partial charge in [-0.1, -0.05) is 12.1 Å². The molecule has 1 aromatic carbocycles. The number of carbonyl (C=O) groups excluding carboxylic acids is 3. The molecule has 2 amide bonds. The zero-order valence-corrected chi connectivity index (χ0v) is 18.1. The van der Waals surface area contributed by atoms with Gasteiger partial charge in [-0.3, -0.25) is 14.5 Å². The van der Waals surface area contributed by atoms with Crippen molar-refractivity contribution in [2.75, 3.05) is 6.61 Å². The number of imide groups is 1. The number of amides is 2. The zero-order valence-electron chi connectivity index (χ0n) is 16.5. The van der Waals surface area contributed by atoms with Gasteiger partial charge in [-0.2, -0.15) is 0 Å². The number of fused-ring (bicyclic) bond motifs is 1. The second kappa shape index (κ2) is 8.90. The molecule has 1 atom stereocenters. The van der Waals surface area contributed by atoms with Crippen LogP contribution in [0.25, 0.3) is 11.0 Å². The van der Waals surface area contributed by atoms with Gasteiger partial charge in [0.15, 0.2) is 10.2 Å². The number of carbonyl (C=O) groups is 3. The van der Waals surface area contributed by atoms with Crippen LogP contribution in [0.1, 0.15) is 13.8 Å². The lowest BCUT2D eigenvalue weighted by atomic mass is 10.3. The van der Waals surface area contributed by atoms with E-state index in [4.69, 9.17) is 13.9 Å². The van der Waals surface area contributed by atoms with E-state index in [0.717, 1.165) is 22.2 Å². The van der Waals surface area contributed by atoms with Crippen molar-refractivity contribution in [2.45, 2.75) is 30.1 Å².